The normalized spacial score (nSPS) is 23.6. The highest BCUT2D eigenvalue weighted by Crippen LogP contribution is 2.53. The van der Waals surface area contributed by atoms with Crippen LogP contribution in [0.5, 0.6) is 0 Å². The third-order valence-electron chi connectivity index (χ3n) is 5.27. The Hall–Kier alpha value is -1.33. The fourth-order valence-electron chi connectivity index (χ4n) is 3.44. The van der Waals surface area contributed by atoms with Crippen LogP contribution in [0, 0.1) is 29.1 Å². The molecule has 1 aliphatic carbocycles. The number of hydrogen-bond donors (Lipinski definition) is 1. The van der Waals surface area contributed by atoms with Gasteiger partial charge in [0.25, 0.3) is 0 Å². The first-order valence-corrected chi connectivity index (χ1v) is 7.44. The monoisotopic (exact) mass is 271 g/mol. The van der Waals surface area contributed by atoms with Gasteiger partial charge < -0.3 is 5.11 Å². The van der Waals surface area contributed by atoms with Gasteiger partial charge in [-0.3, -0.25) is 0 Å². The third-order valence-corrected chi connectivity index (χ3v) is 5.27. The summed E-state index contributed by atoms with van der Waals surface area (Å²) in [6.07, 6.45) is 3.50. The molecule has 108 valence electrons. The molecule has 1 unspecified atom stereocenters. The standard InChI is InChI=1S/C18H25NO/c1-14-7-5-6-8-15(14)17(4,20)18(13-19)11-9-16(2,3)10-12-18/h5-8,20H,9-12H2,1-4H3. The van der Waals surface area contributed by atoms with Gasteiger partial charge in [-0.2, -0.15) is 5.26 Å². The molecule has 0 radical (unpaired) electrons. The van der Waals surface area contributed by atoms with Crippen LogP contribution in [0.15, 0.2) is 24.3 Å². The van der Waals surface area contributed by atoms with E-state index in [2.05, 4.69) is 19.9 Å². The number of aryl methyl sites for hydroxylation is 1. The Kier molecular flexibility index (Phi) is 3.69. The molecular formula is C18H25NO. The Balaban J connectivity index is 2.42. The quantitative estimate of drug-likeness (QED) is 0.871. The summed E-state index contributed by atoms with van der Waals surface area (Å²) >= 11 is 0. The molecule has 1 saturated carbocycles. The molecule has 0 heterocycles. The van der Waals surface area contributed by atoms with E-state index in [4.69, 9.17) is 0 Å². The summed E-state index contributed by atoms with van der Waals surface area (Å²) in [5.74, 6) is 0. The summed E-state index contributed by atoms with van der Waals surface area (Å²) in [5, 5.41) is 21.0. The van der Waals surface area contributed by atoms with Crippen molar-refractivity contribution in [3.8, 4) is 6.07 Å². The zero-order valence-electron chi connectivity index (χ0n) is 13.0. The predicted octanol–water partition coefficient (Wildman–Crippen LogP) is 4.31. The van der Waals surface area contributed by atoms with Crippen LogP contribution in [0.1, 0.15) is 57.6 Å². The van der Waals surface area contributed by atoms with Crippen molar-refractivity contribution in [3.05, 3.63) is 35.4 Å². The van der Waals surface area contributed by atoms with Crippen molar-refractivity contribution >= 4 is 0 Å². The maximum atomic E-state index is 11.2. The van der Waals surface area contributed by atoms with Gasteiger partial charge in [-0.05, 0) is 56.1 Å². The van der Waals surface area contributed by atoms with E-state index in [9.17, 15) is 10.4 Å². The van der Waals surface area contributed by atoms with Crippen LogP contribution in [0.25, 0.3) is 0 Å². The van der Waals surface area contributed by atoms with Crippen LogP contribution >= 0.6 is 0 Å². The smallest absolute Gasteiger partial charge is 0.106 e. The second-order valence-corrected chi connectivity index (χ2v) is 7.25. The lowest BCUT2D eigenvalue weighted by molar-refractivity contribution is -0.0777. The van der Waals surface area contributed by atoms with Crippen LogP contribution < -0.4 is 0 Å². The minimum Gasteiger partial charge on any atom is -0.384 e. The van der Waals surface area contributed by atoms with Crippen molar-refractivity contribution in [2.24, 2.45) is 10.8 Å². The maximum absolute atomic E-state index is 11.2. The molecule has 1 aromatic carbocycles. The first kappa shape index (κ1) is 15.1. The molecular weight excluding hydrogens is 246 g/mol. The number of nitriles is 1. The molecule has 1 N–H and O–H groups in total. The molecule has 1 fully saturated rings. The molecule has 1 aromatic rings. The van der Waals surface area contributed by atoms with Gasteiger partial charge in [0.15, 0.2) is 0 Å². The molecule has 2 heteroatoms. The van der Waals surface area contributed by atoms with Gasteiger partial charge in [0.05, 0.1) is 11.5 Å². The molecule has 0 amide bonds. The summed E-state index contributed by atoms with van der Waals surface area (Å²) in [4.78, 5) is 0. The van der Waals surface area contributed by atoms with E-state index >= 15 is 0 Å². The van der Waals surface area contributed by atoms with E-state index < -0.39 is 11.0 Å². The van der Waals surface area contributed by atoms with E-state index in [0.29, 0.717) is 0 Å². The van der Waals surface area contributed by atoms with E-state index in [1.807, 2.05) is 38.1 Å². The SMILES string of the molecule is Cc1ccccc1C(C)(O)C1(C#N)CCC(C)(C)CC1. The van der Waals surface area contributed by atoms with Crippen LogP contribution in [0.4, 0.5) is 0 Å². The van der Waals surface area contributed by atoms with Gasteiger partial charge in [-0.25, -0.2) is 0 Å². The average Bonchev–Trinajstić information content (AvgIpc) is 2.39. The third kappa shape index (κ3) is 2.36. The second-order valence-electron chi connectivity index (χ2n) is 7.25. The zero-order chi connectivity index (χ0) is 15.0. The average molecular weight is 271 g/mol. The highest BCUT2D eigenvalue weighted by atomic mass is 16.3. The van der Waals surface area contributed by atoms with E-state index in [-0.39, 0.29) is 5.41 Å². The first-order chi connectivity index (χ1) is 9.24. The summed E-state index contributed by atoms with van der Waals surface area (Å²) in [5.41, 5.74) is 0.457. The Morgan fingerprint density at radius 2 is 1.70 bits per heavy atom. The Bertz CT molecular complexity index is 527. The number of nitrogens with zero attached hydrogens (tertiary/aromatic N) is 1. The molecule has 0 saturated heterocycles. The first-order valence-electron chi connectivity index (χ1n) is 7.44. The maximum Gasteiger partial charge on any atom is 0.106 e. The highest BCUT2D eigenvalue weighted by Gasteiger charge is 2.52. The van der Waals surface area contributed by atoms with Gasteiger partial charge in [0, 0.05) is 0 Å². The van der Waals surface area contributed by atoms with Gasteiger partial charge >= 0.3 is 0 Å². The Labute approximate surface area is 122 Å². The van der Waals surface area contributed by atoms with Crippen molar-refractivity contribution in [2.75, 3.05) is 0 Å². The molecule has 0 bridgehead atoms. The minimum atomic E-state index is -1.09. The van der Waals surface area contributed by atoms with E-state index in [0.717, 1.165) is 36.8 Å². The van der Waals surface area contributed by atoms with Crippen LogP contribution in [0.2, 0.25) is 0 Å². The largest absolute Gasteiger partial charge is 0.384 e. The summed E-state index contributed by atoms with van der Waals surface area (Å²) in [7, 11) is 0. The summed E-state index contributed by atoms with van der Waals surface area (Å²) in [6, 6.07) is 10.3. The second kappa shape index (κ2) is 4.90. The fraction of sp³-hybridized carbons (Fsp3) is 0.611. The number of rotatable bonds is 2. The van der Waals surface area contributed by atoms with Gasteiger partial charge in [0.2, 0.25) is 0 Å². The van der Waals surface area contributed by atoms with Crippen molar-refractivity contribution in [2.45, 2.75) is 59.0 Å². The lowest BCUT2D eigenvalue weighted by Crippen LogP contribution is -2.46. The molecule has 1 aliphatic rings. The minimum absolute atomic E-state index is 0.280. The molecule has 0 aliphatic heterocycles. The van der Waals surface area contributed by atoms with Crippen LogP contribution in [0.3, 0.4) is 0 Å². The zero-order valence-corrected chi connectivity index (χ0v) is 13.0. The predicted molar refractivity (Wildman–Crippen MR) is 81.0 cm³/mol. The van der Waals surface area contributed by atoms with E-state index in [1.54, 1.807) is 0 Å². The van der Waals surface area contributed by atoms with Gasteiger partial charge in [-0.15, -0.1) is 0 Å². The molecule has 1 atom stereocenters. The molecule has 0 aromatic heterocycles. The fourth-order valence-corrected chi connectivity index (χ4v) is 3.44. The summed E-state index contributed by atoms with van der Waals surface area (Å²) < 4.78 is 0. The molecule has 2 rings (SSSR count). The van der Waals surface area contributed by atoms with Crippen molar-refractivity contribution in [1.29, 1.82) is 5.26 Å². The van der Waals surface area contributed by atoms with E-state index in [1.165, 1.54) is 0 Å². The molecule has 2 nitrogen and oxygen atoms in total. The highest BCUT2D eigenvalue weighted by molar-refractivity contribution is 5.35. The van der Waals surface area contributed by atoms with Crippen molar-refractivity contribution in [1.82, 2.24) is 0 Å². The van der Waals surface area contributed by atoms with Gasteiger partial charge in [0.1, 0.15) is 5.60 Å². The Morgan fingerprint density at radius 1 is 1.15 bits per heavy atom. The summed E-state index contributed by atoms with van der Waals surface area (Å²) in [6.45, 7) is 8.31. The van der Waals surface area contributed by atoms with Crippen LogP contribution in [-0.4, -0.2) is 5.11 Å². The van der Waals surface area contributed by atoms with Gasteiger partial charge in [-0.1, -0.05) is 38.1 Å². The molecule has 20 heavy (non-hydrogen) atoms. The number of hydrogen-bond acceptors (Lipinski definition) is 2. The van der Waals surface area contributed by atoms with Crippen LogP contribution in [-0.2, 0) is 5.60 Å². The van der Waals surface area contributed by atoms with Crippen molar-refractivity contribution in [3.63, 3.8) is 0 Å². The van der Waals surface area contributed by atoms with Crippen molar-refractivity contribution < 1.29 is 5.11 Å². The number of benzene rings is 1. The molecule has 0 spiro atoms. The lowest BCUT2D eigenvalue weighted by Gasteiger charge is -2.47. The lowest BCUT2D eigenvalue weighted by atomic mass is 9.57. The Morgan fingerprint density at radius 3 is 2.20 bits per heavy atom. The topological polar surface area (TPSA) is 44.0 Å². The number of aliphatic hydroxyl groups is 1.